The maximum atomic E-state index is 12.8. The molecule has 1 fully saturated rings. The Labute approximate surface area is 171 Å². The molecule has 3 aromatic heterocycles. The van der Waals surface area contributed by atoms with Crippen LogP contribution in [-0.4, -0.2) is 39.3 Å². The van der Waals surface area contributed by atoms with Gasteiger partial charge in [0.05, 0.1) is 22.7 Å². The standard InChI is InChI=1S/C20H20N4O2S2/c1-13-6-7-14(10-21-13)20(26)24-8-2-4-16(24)18(25)22-11-15-12-28-19(23-15)17-5-3-9-27-17/h3,5-7,9-10,12,16H,2,4,8,11H2,1H3,(H,22,25). The first kappa shape index (κ1) is 18.8. The first-order chi connectivity index (χ1) is 13.6. The molecule has 0 aliphatic carbocycles. The maximum Gasteiger partial charge on any atom is 0.256 e. The minimum absolute atomic E-state index is 0.128. The van der Waals surface area contributed by atoms with E-state index in [0.29, 0.717) is 25.1 Å². The molecule has 1 saturated heterocycles. The number of amides is 2. The summed E-state index contributed by atoms with van der Waals surface area (Å²) < 4.78 is 0. The van der Waals surface area contributed by atoms with Gasteiger partial charge < -0.3 is 10.2 Å². The highest BCUT2D eigenvalue weighted by Gasteiger charge is 2.34. The topological polar surface area (TPSA) is 75.2 Å². The van der Waals surface area contributed by atoms with E-state index in [-0.39, 0.29) is 11.8 Å². The van der Waals surface area contributed by atoms with Gasteiger partial charge in [-0.1, -0.05) is 6.07 Å². The van der Waals surface area contributed by atoms with E-state index in [0.717, 1.165) is 27.7 Å². The number of thiazole rings is 1. The highest BCUT2D eigenvalue weighted by Crippen LogP contribution is 2.28. The molecule has 1 aliphatic rings. The number of nitrogens with zero attached hydrogens (tertiary/aromatic N) is 3. The van der Waals surface area contributed by atoms with Gasteiger partial charge in [0.2, 0.25) is 5.91 Å². The van der Waals surface area contributed by atoms with Crippen molar-refractivity contribution in [3.05, 3.63) is 58.2 Å². The molecule has 6 nitrogen and oxygen atoms in total. The zero-order chi connectivity index (χ0) is 19.5. The lowest BCUT2D eigenvalue weighted by Gasteiger charge is -2.23. The summed E-state index contributed by atoms with van der Waals surface area (Å²) in [5, 5.41) is 7.89. The van der Waals surface area contributed by atoms with Gasteiger partial charge in [-0.3, -0.25) is 14.6 Å². The molecule has 4 rings (SSSR count). The van der Waals surface area contributed by atoms with Crippen molar-refractivity contribution in [2.24, 2.45) is 0 Å². The molecule has 144 valence electrons. The normalized spacial score (nSPS) is 16.3. The highest BCUT2D eigenvalue weighted by atomic mass is 32.1. The molecule has 0 saturated carbocycles. The molecule has 1 unspecified atom stereocenters. The summed E-state index contributed by atoms with van der Waals surface area (Å²) in [4.78, 5) is 37.0. The molecule has 1 N–H and O–H groups in total. The molecule has 8 heteroatoms. The molecule has 0 radical (unpaired) electrons. The van der Waals surface area contributed by atoms with Crippen LogP contribution in [0.3, 0.4) is 0 Å². The van der Waals surface area contributed by atoms with Crippen molar-refractivity contribution in [3.63, 3.8) is 0 Å². The van der Waals surface area contributed by atoms with Crippen LogP contribution < -0.4 is 5.32 Å². The zero-order valence-corrected chi connectivity index (χ0v) is 17.1. The van der Waals surface area contributed by atoms with E-state index < -0.39 is 6.04 Å². The Bertz CT molecular complexity index is 967. The van der Waals surface area contributed by atoms with Crippen LogP contribution in [0.25, 0.3) is 9.88 Å². The summed E-state index contributed by atoms with van der Waals surface area (Å²) in [6, 6.07) is 7.17. The Kier molecular flexibility index (Phi) is 5.50. The van der Waals surface area contributed by atoms with Gasteiger partial charge in [0.1, 0.15) is 11.0 Å². The van der Waals surface area contributed by atoms with E-state index in [2.05, 4.69) is 15.3 Å². The number of carbonyl (C=O) groups is 2. The van der Waals surface area contributed by atoms with Crippen molar-refractivity contribution in [3.8, 4) is 9.88 Å². The van der Waals surface area contributed by atoms with Crippen molar-refractivity contribution in [2.75, 3.05) is 6.54 Å². The molecule has 0 bridgehead atoms. The third kappa shape index (κ3) is 3.98. The summed E-state index contributed by atoms with van der Waals surface area (Å²) in [6.07, 6.45) is 3.07. The molecule has 0 aromatic carbocycles. The lowest BCUT2D eigenvalue weighted by molar-refractivity contribution is -0.125. The number of likely N-dealkylation sites (tertiary alicyclic amines) is 1. The fraction of sp³-hybridized carbons (Fsp3) is 0.300. The maximum absolute atomic E-state index is 12.8. The summed E-state index contributed by atoms with van der Waals surface area (Å²) >= 11 is 3.22. The minimum atomic E-state index is -0.441. The van der Waals surface area contributed by atoms with E-state index in [9.17, 15) is 9.59 Å². The van der Waals surface area contributed by atoms with Crippen LogP contribution in [0.1, 0.15) is 34.6 Å². The Balaban J connectivity index is 1.38. The van der Waals surface area contributed by atoms with Gasteiger partial charge in [-0.2, -0.15) is 0 Å². The number of thiophene rings is 1. The summed E-state index contributed by atoms with van der Waals surface area (Å²) in [7, 11) is 0. The number of rotatable bonds is 5. The summed E-state index contributed by atoms with van der Waals surface area (Å²) in [6.45, 7) is 2.83. The third-order valence-corrected chi connectivity index (χ3v) is 6.63. The predicted molar refractivity (Wildman–Crippen MR) is 110 cm³/mol. The highest BCUT2D eigenvalue weighted by molar-refractivity contribution is 7.20. The van der Waals surface area contributed by atoms with E-state index in [1.54, 1.807) is 39.8 Å². The van der Waals surface area contributed by atoms with Gasteiger partial charge in [-0.05, 0) is 43.3 Å². The Hall–Kier alpha value is -2.58. The number of pyridine rings is 1. The molecule has 3 aromatic rings. The van der Waals surface area contributed by atoms with Crippen molar-refractivity contribution >= 4 is 34.5 Å². The van der Waals surface area contributed by atoms with Crippen LogP contribution in [0.4, 0.5) is 0 Å². The van der Waals surface area contributed by atoms with E-state index >= 15 is 0 Å². The van der Waals surface area contributed by atoms with Crippen LogP contribution in [0, 0.1) is 6.92 Å². The van der Waals surface area contributed by atoms with Crippen LogP contribution in [0.2, 0.25) is 0 Å². The van der Waals surface area contributed by atoms with Gasteiger partial charge in [-0.15, -0.1) is 22.7 Å². The van der Waals surface area contributed by atoms with Gasteiger partial charge in [0.25, 0.3) is 5.91 Å². The number of hydrogen-bond acceptors (Lipinski definition) is 6. The molecular weight excluding hydrogens is 392 g/mol. The SMILES string of the molecule is Cc1ccc(C(=O)N2CCCC2C(=O)NCc2csc(-c3cccs3)n2)cn1. The summed E-state index contributed by atoms with van der Waals surface area (Å²) in [5.74, 6) is -0.268. The average Bonchev–Trinajstić information content (AvgIpc) is 3.47. The zero-order valence-electron chi connectivity index (χ0n) is 15.4. The van der Waals surface area contributed by atoms with Crippen LogP contribution >= 0.6 is 22.7 Å². The van der Waals surface area contributed by atoms with Crippen LogP contribution in [0.15, 0.2) is 41.2 Å². The molecule has 2 amide bonds. The minimum Gasteiger partial charge on any atom is -0.349 e. The predicted octanol–water partition coefficient (Wildman–Crippen LogP) is 3.50. The molecule has 28 heavy (non-hydrogen) atoms. The summed E-state index contributed by atoms with van der Waals surface area (Å²) in [5.41, 5.74) is 2.21. The number of hydrogen-bond donors (Lipinski definition) is 1. The second-order valence-electron chi connectivity index (χ2n) is 6.68. The smallest absolute Gasteiger partial charge is 0.256 e. The molecule has 1 atom stereocenters. The first-order valence-corrected chi connectivity index (χ1v) is 10.9. The van der Waals surface area contributed by atoms with Gasteiger partial charge in [-0.25, -0.2) is 4.98 Å². The van der Waals surface area contributed by atoms with E-state index in [4.69, 9.17) is 0 Å². The second kappa shape index (κ2) is 8.20. The van der Waals surface area contributed by atoms with Gasteiger partial charge in [0.15, 0.2) is 0 Å². The van der Waals surface area contributed by atoms with Crippen LogP contribution in [0.5, 0.6) is 0 Å². The lowest BCUT2D eigenvalue weighted by atomic mass is 10.1. The van der Waals surface area contributed by atoms with Crippen molar-refractivity contribution < 1.29 is 9.59 Å². The molecular formula is C20H20N4O2S2. The number of nitrogens with one attached hydrogen (secondary N) is 1. The fourth-order valence-electron chi connectivity index (χ4n) is 3.24. The van der Waals surface area contributed by atoms with Crippen molar-refractivity contribution in [1.82, 2.24) is 20.2 Å². The lowest BCUT2D eigenvalue weighted by Crippen LogP contribution is -2.45. The number of carbonyl (C=O) groups excluding carboxylic acids is 2. The Morgan fingerprint density at radius 1 is 1.29 bits per heavy atom. The number of aromatic nitrogens is 2. The van der Waals surface area contributed by atoms with E-state index in [1.807, 2.05) is 35.9 Å². The first-order valence-electron chi connectivity index (χ1n) is 9.11. The van der Waals surface area contributed by atoms with Crippen molar-refractivity contribution in [2.45, 2.75) is 32.4 Å². The fourth-order valence-corrected chi connectivity index (χ4v) is 4.87. The Morgan fingerprint density at radius 2 is 2.18 bits per heavy atom. The van der Waals surface area contributed by atoms with Crippen LogP contribution in [-0.2, 0) is 11.3 Å². The van der Waals surface area contributed by atoms with Gasteiger partial charge in [0, 0.05) is 23.8 Å². The molecule has 4 heterocycles. The largest absolute Gasteiger partial charge is 0.349 e. The molecule has 1 aliphatic heterocycles. The third-order valence-electron chi connectivity index (χ3n) is 4.70. The van der Waals surface area contributed by atoms with E-state index in [1.165, 1.54) is 0 Å². The molecule has 0 spiro atoms. The Morgan fingerprint density at radius 3 is 2.93 bits per heavy atom. The second-order valence-corrected chi connectivity index (χ2v) is 8.49. The average molecular weight is 413 g/mol. The van der Waals surface area contributed by atoms with Gasteiger partial charge >= 0.3 is 0 Å². The monoisotopic (exact) mass is 412 g/mol. The van der Waals surface area contributed by atoms with Crippen molar-refractivity contribution in [1.29, 1.82) is 0 Å². The number of aryl methyl sites for hydroxylation is 1. The quantitative estimate of drug-likeness (QED) is 0.696.